The van der Waals surface area contributed by atoms with E-state index >= 15 is 0 Å². The third-order valence-electron chi connectivity index (χ3n) is 4.48. The van der Waals surface area contributed by atoms with Gasteiger partial charge in [-0.05, 0) is 30.2 Å². The minimum atomic E-state index is -0.547. The average molecular weight is 407 g/mol. The lowest BCUT2D eigenvalue weighted by molar-refractivity contribution is 0.0904. The second-order valence-corrected chi connectivity index (χ2v) is 6.94. The lowest BCUT2D eigenvalue weighted by atomic mass is 10.0. The zero-order valence-electron chi connectivity index (χ0n) is 16.2. The van der Waals surface area contributed by atoms with Crippen LogP contribution >= 0.6 is 0 Å². The van der Waals surface area contributed by atoms with Crippen molar-refractivity contribution >= 4 is 5.91 Å². The number of hydrogen-bond donors (Lipinski definition) is 1. The molecular formula is C21H18FN5O3. The number of aromatic nitrogens is 4. The van der Waals surface area contributed by atoms with Crippen LogP contribution in [0, 0.1) is 11.7 Å². The highest BCUT2D eigenvalue weighted by Crippen LogP contribution is 2.26. The molecule has 4 rings (SSSR count). The van der Waals surface area contributed by atoms with Gasteiger partial charge in [0.05, 0.1) is 5.56 Å². The number of halogens is 1. The van der Waals surface area contributed by atoms with Crippen LogP contribution in [0.3, 0.4) is 0 Å². The third-order valence-corrected chi connectivity index (χ3v) is 4.48. The molecule has 0 radical (unpaired) electrons. The van der Waals surface area contributed by atoms with E-state index in [1.165, 1.54) is 12.1 Å². The van der Waals surface area contributed by atoms with Crippen molar-refractivity contribution in [1.29, 1.82) is 0 Å². The highest BCUT2D eigenvalue weighted by Gasteiger charge is 2.27. The molecule has 1 atom stereocenters. The van der Waals surface area contributed by atoms with E-state index in [2.05, 4.69) is 25.6 Å². The van der Waals surface area contributed by atoms with Gasteiger partial charge in [-0.2, -0.15) is 4.98 Å². The number of nitrogens with one attached hydrogen (secondary N) is 1. The van der Waals surface area contributed by atoms with Gasteiger partial charge in [0, 0.05) is 24.0 Å². The summed E-state index contributed by atoms with van der Waals surface area (Å²) in [5, 5.41) is 10.6. The maximum absolute atomic E-state index is 13.9. The number of amides is 1. The van der Waals surface area contributed by atoms with Gasteiger partial charge in [-0.15, -0.1) is 0 Å². The van der Waals surface area contributed by atoms with Gasteiger partial charge in [-0.25, -0.2) is 4.39 Å². The zero-order chi connectivity index (χ0) is 21.1. The molecule has 0 saturated carbocycles. The van der Waals surface area contributed by atoms with E-state index in [0.717, 1.165) is 5.56 Å². The van der Waals surface area contributed by atoms with Crippen LogP contribution in [0.2, 0.25) is 0 Å². The second kappa shape index (κ2) is 8.24. The standard InChI is InChI=1S/C21H18FN5O3/c1-12(2)18(21-25-19(27-30-21)13-7-9-23-10-8-13)24-20(28)16-11-17(29-26-16)14-5-3-4-6-15(14)22/h3-12,18H,1-2H3,(H,24,28). The smallest absolute Gasteiger partial charge is 0.274 e. The predicted octanol–water partition coefficient (Wildman–Crippen LogP) is 4.05. The Hall–Kier alpha value is -3.88. The molecular weight excluding hydrogens is 389 g/mol. The fourth-order valence-corrected chi connectivity index (χ4v) is 2.88. The Kier molecular flexibility index (Phi) is 5.34. The fraction of sp³-hybridized carbons (Fsp3) is 0.190. The van der Waals surface area contributed by atoms with Crippen molar-refractivity contribution in [3.05, 3.63) is 72.3 Å². The Balaban J connectivity index is 1.54. The summed E-state index contributed by atoms with van der Waals surface area (Å²) < 4.78 is 24.5. The van der Waals surface area contributed by atoms with Crippen LogP contribution < -0.4 is 5.32 Å². The van der Waals surface area contributed by atoms with E-state index in [0.29, 0.717) is 5.82 Å². The Labute approximate surface area is 171 Å². The topological polar surface area (TPSA) is 107 Å². The monoisotopic (exact) mass is 407 g/mol. The number of carbonyl (C=O) groups excluding carboxylic acids is 1. The molecule has 1 amide bonds. The fourth-order valence-electron chi connectivity index (χ4n) is 2.88. The van der Waals surface area contributed by atoms with E-state index in [9.17, 15) is 9.18 Å². The van der Waals surface area contributed by atoms with Gasteiger partial charge in [-0.3, -0.25) is 9.78 Å². The summed E-state index contributed by atoms with van der Waals surface area (Å²) in [5.74, 6) is -0.174. The molecule has 0 fully saturated rings. The molecule has 1 unspecified atom stereocenters. The maximum atomic E-state index is 13.9. The van der Waals surface area contributed by atoms with Crippen molar-refractivity contribution in [3.8, 4) is 22.7 Å². The van der Waals surface area contributed by atoms with E-state index in [4.69, 9.17) is 9.05 Å². The van der Waals surface area contributed by atoms with E-state index in [1.807, 2.05) is 13.8 Å². The number of pyridine rings is 1. The molecule has 152 valence electrons. The first-order chi connectivity index (χ1) is 14.5. The SMILES string of the molecule is CC(C)C(NC(=O)c1cc(-c2ccccc2F)on1)c1nc(-c2ccncc2)no1. The molecule has 0 bridgehead atoms. The van der Waals surface area contributed by atoms with Crippen LogP contribution in [0.5, 0.6) is 0 Å². The van der Waals surface area contributed by atoms with Gasteiger partial charge in [0.25, 0.3) is 5.91 Å². The number of nitrogens with zero attached hydrogens (tertiary/aromatic N) is 4. The minimum absolute atomic E-state index is 0.0211. The molecule has 0 aliphatic rings. The van der Waals surface area contributed by atoms with Gasteiger partial charge in [0.1, 0.15) is 11.9 Å². The van der Waals surface area contributed by atoms with Gasteiger partial charge >= 0.3 is 0 Å². The number of hydrogen-bond acceptors (Lipinski definition) is 7. The van der Waals surface area contributed by atoms with Crippen LogP contribution in [-0.4, -0.2) is 26.2 Å². The normalized spacial score (nSPS) is 12.1. The number of benzene rings is 1. The Morgan fingerprint density at radius 3 is 2.57 bits per heavy atom. The summed E-state index contributed by atoms with van der Waals surface area (Å²) in [4.78, 5) is 21.1. The van der Waals surface area contributed by atoms with Crippen molar-refractivity contribution in [1.82, 2.24) is 25.6 Å². The first-order valence-corrected chi connectivity index (χ1v) is 9.29. The van der Waals surface area contributed by atoms with Crippen molar-refractivity contribution in [3.63, 3.8) is 0 Å². The molecule has 0 spiro atoms. The lowest BCUT2D eigenvalue weighted by Crippen LogP contribution is -2.32. The highest BCUT2D eigenvalue weighted by atomic mass is 19.1. The second-order valence-electron chi connectivity index (χ2n) is 6.94. The van der Waals surface area contributed by atoms with Crippen LogP contribution in [0.4, 0.5) is 4.39 Å². The van der Waals surface area contributed by atoms with Crippen molar-refractivity contribution in [2.24, 2.45) is 5.92 Å². The van der Waals surface area contributed by atoms with Crippen molar-refractivity contribution < 1.29 is 18.2 Å². The molecule has 30 heavy (non-hydrogen) atoms. The average Bonchev–Trinajstić information content (AvgIpc) is 3.43. The Morgan fingerprint density at radius 1 is 1.07 bits per heavy atom. The van der Waals surface area contributed by atoms with Gasteiger partial charge in [0.15, 0.2) is 11.5 Å². The van der Waals surface area contributed by atoms with E-state index in [-0.39, 0.29) is 28.8 Å². The van der Waals surface area contributed by atoms with E-state index in [1.54, 1.807) is 42.7 Å². The molecule has 0 saturated heterocycles. The van der Waals surface area contributed by atoms with Crippen LogP contribution in [0.15, 0.2) is 63.9 Å². The Bertz CT molecular complexity index is 1160. The molecule has 3 heterocycles. The highest BCUT2D eigenvalue weighted by molar-refractivity contribution is 5.93. The molecule has 0 aliphatic carbocycles. The third kappa shape index (κ3) is 3.95. The van der Waals surface area contributed by atoms with Gasteiger partial charge < -0.3 is 14.4 Å². The molecule has 0 aliphatic heterocycles. The molecule has 4 aromatic rings. The molecule has 3 aromatic heterocycles. The number of rotatable bonds is 6. The van der Waals surface area contributed by atoms with Gasteiger partial charge in [-0.1, -0.05) is 36.3 Å². The lowest BCUT2D eigenvalue weighted by Gasteiger charge is -2.17. The first-order valence-electron chi connectivity index (χ1n) is 9.29. The number of carbonyl (C=O) groups is 1. The quantitative estimate of drug-likeness (QED) is 0.514. The molecule has 9 heteroatoms. The zero-order valence-corrected chi connectivity index (χ0v) is 16.2. The summed E-state index contributed by atoms with van der Waals surface area (Å²) in [7, 11) is 0. The maximum Gasteiger partial charge on any atom is 0.274 e. The summed E-state index contributed by atoms with van der Waals surface area (Å²) in [6, 6.07) is 10.5. The van der Waals surface area contributed by atoms with Crippen LogP contribution in [0.1, 0.15) is 36.3 Å². The van der Waals surface area contributed by atoms with Crippen LogP contribution in [-0.2, 0) is 0 Å². The summed E-state index contributed by atoms with van der Waals surface area (Å²) >= 11 is 0. The minimum Gasteiger partial charge on any atom is -0.355 e. The molecule has 1 N–H and O–H groups in total. The Morgan fingerprint density at radius 2 is 1.83 bits per heavy atom. The van der Waals surface area contributed by atoms with Crippen LogP contribution in [0.25, 0.3) is 22.7 Å². The van der Waals surface area contributed by atoms with Crippen molar-refractivity contribution in [2.45, 2.75) is 19.9 Å². The van der Waals surface area contributed by atoms with Gasteiger partial charge in [0.2, 0.25) is 11.7 Å². The predicted molar refractivity (Wildman–Crippen MR) is 104 cm³/mol. The summed E-state index contributed by atoms with van der Waals surface area (Å²) in [6.45, 7) is 3.82. The van der Waals surface area contributed by atoms with E-state index < -0.39 is 17.8 Å². The first kappa shape index (κ1) is 19.4. The summed E-state index contributed by atoms with van der Waals surface area (Å²) in [5.41, 5.74) is 0.996. The summed E-state index contributed by atoms with van der Waals surface area (Å²) in [6.07, 6.45) is 3.26. The van der Waals surface area contributed by atoms with Crippen molar-refractivity contribution in [2.75, 3.05) is 0 Å². The molecule has 8 nitrogen and oxygen atoms in total. The molecule has 1 aromatic carbocycles. The largest absolute Gasteiger partial charge is 0.355 e.